The second-order valence-electron chi connectivity index (χ2n) is 4.65. The molecule has 0 aliphatic rings. The van der Waals surface area contributed by atoms with Crippen molar-refractivity contribution >= 4 is 38.7 Å². The molecule has 3 N–H and O–H groups in total. The lowest BCUT2D eigenvalue weighted by Crippen LogP contribution is -2.23. The number of hydrazine groups is 1. The number of rotatable bonds is 6. The van der Waals surface area contributed by atoms with Crippen LogP contribution < -0.4 is 11.3 Å². The Morgan fingerprint density at radius 2 is 2.10 bits per heavy atom. The maximum absolute atomic E-state index is 5.57. The third-order valence-corrected chi connectivity index (χ3v) is 4.95. The number of nitrogens with one attached hydrogen (secondary N) is 1. The Bertz CT molecular complexity index is 707. The Morgan fingerprint density at radius 3 is 2.81 bits per heavy atom. The molecule has 0 radical (unpaired) electrons. The Labute approximate surface area is 131 Å². The maximum atomic E-state index is 5.57. The molecule has 3 rings (SSSR count). The average molecular weight is 319 g/mol. The van der Waals surface area contributed by atoms with E-state index in [1.54, 1.807) is 22.7 Å². The molecule has 0 atom stereocenters. The molecule has 21 heavy (non-hydrogen) atoms. The topological polar surface area (TPSA) is 67.1 Å². The standard InChI is InChI=1S/C14H17N5S2/c1-2-19(8-10-4-3-6-20-10)9-12-16-13(18-15)11-5-7-21-14(11)17-12/h3-7H,2,8-9,15H2,1H3,(H,16,17,18). The second-order valence-corrected chi connectivity index (χ2v) is 6.58. The van der Waals surface area contributed by atoms with Crippen molar-refractivity contribution in [3.63, 3.8) is 0 Å². The highest BCUT2D eigenvalue weighted by atomic mass is 32.1. The number of nitrogens with zero attached hydrogens (tertiary/aromatic N) is 3. The van der Waals surface area contributed by atoms with Gasteiger partial charge in [-0.2, -0.15) is 0 Å². The number of nitrogens with two attached hydrogens (primary N) is 1. The first-order valence-electron chi connectivity index (χ1n) is 6.75. The van der Waals surface area contributed by atoms with Crippen LogP contribution in [0.4, 0.5) is 5.82 Å². The van der Waals surface area contributed by atoms with E-state index in [0.29, 0.717) is 5.82 Å². The van der Waals surface area contributed by atoms with Gasteiger partial charge in [0, 0.05) is 11.4 Å². The highest BCUT2D eigenvalue weighted by Crippen LogP contribution is 2.25. The van der Waals surface area contributed by atoms with Crippen LogP contribution in [0.1, 0.15) is 17.6 Å². The van der Waals surface area contributed by atoms with Gasteiger partial charge >= 0.3 is 0 Å². The van der Waals surface area contributed by atoms with Gasteiger partial charge in [-0.25, -0.2) is 15.8 Å². The van der Waals surface area contributed by atoms with Gasteiger partial charge in [0.15, 0.2) is 5.82 Å². The zero-order valence-electron chi connectivity index (χ0n) is 11.7. The average Bonchev–Trinajstić information content (AvgIpc) is 3.16. The minimum atomic E-state index is 0.698. The summed E-state index contributed by atoms with van der Waals surface area (Å²) in [5, 5.41) is 5.09. The zero-order valence-corrected chi connectivity index (χ0v) is 13.4. The van der Waals surface area contributed by atoms with Crippen molar-refractivity contribution in [2.45, 2.75) is 20.0 Å². The van der Waals surface area contributed by atoms with Crippen LogP contribution >= 0.6 is 22.7 Å². The molecule has 0 saturated heterocycles. The van der Waals surface area contributed by atoms with E-state index in [1.165, 1.54) is 4.88 Å². The van der Waals surface area contributed by atoms with Crippen LogP contribution in [0.5, 0.6) is 0 Å². The lowest BCUT2D eigenvalue weighted by molar-refractivity contribution is 0.267. The fourth-order valence-electron chi connectivity index (χ4n) is 2.18. The number of nitrogen functional groups attached to an aromatic ring is 1. The fraction of sp³-hybridized carbons (Fsp3) is 0.286. The van der Waals surface area contributed by atoms with Crippen molar-refractivity contribution in [1.29, 1.82) is 0 Å². The Kier molecular flexibility index (Phi) is 4.45. The lowest BCUT2D eigenvalue weighted by Gasteiger charge is -2.18. The van der Waals surface area contributed by atoms with Gasteiger partial charge in [-0.3, -0.25) is 4.90 Å². The van der Waals surface area contributed by atoms with Crippen LogP contribution in [0.25, 0.3) is 10.2 Å². The quantitative estimate of drug-likeness (QED) is 0.540. The van der Waals surface area contributed by atoms with Gasteiger partial charge < -0.3 is 5.43 Å². The van der Waals surface area contributed by atoms with Crippen LogP contribution in [0.2, 0.25) is 0 Å². The fourth-order valence-corrected chi connectivity index (χ4v) is 3.71. The number of fused-ring (bicyclic) bond motifs is 1. The largest absolute Gasteiger partial charge is 0.308 e. The number of aromatic nitrogens is 2. The first-order valence-corrected chi connectivity index (χ1v) is 8.51. The molecule has 110 valence electrons. The molecule has 0 fully saturated rings. The van der Waals surface area contributed by atoms with E-state index in [9.17, 15) is 0 Å². The van der Waals surface area contributed by atoms with Crippen LogP contribution in [-0.2, 0) is 13.1 Å². The van der Waals surface area contributed by atoms with Crippen molar-refractivity contribution < 1.29 is 0 Å². The molecule has 7 heteroatoms. The van der Waals surface area contributed by atoms with Crippen LogP contribution in [-0.4, -0.2) is 21.4 Å². The normalized spacial score (nSPS) is 11.4. The third kappa shape index (κ3) is 3.21. The first-order chi connectivity index (χ1) is 10.3. The monoisotopic (exact) mass is 319 g/mol. The van der Waals surface area contributed by atoms with E-state index in [-0.39, 0.29) is 0 Å². The predicted octanol–water partition coefficient (Wildman–Crippen LogP) is 3.06. The number of hydrogen-bond acceptors (Lipinski definition) is 7. The van der Waals surface area contributed by atoms with Crippen LogP contribution in [0.15, 0.2) is 29.0 Å². The molecule has 0 saturated carbocycles. The van der Waals surface area contributed by atoms with Crippen molar-refractivity contribution in [3.8, 4) is 0 Å². The number of thiophene rings is 2. The minimum Gasteiger partial charge on any atom is -0.308 e. The summed E-state index contributed by atoms with van der Waals surface area (Å²) in [4.78, 5) is 13.8. The number of hydrogen-bond donors (Lipinski definition) is 2. The molecule has 0 aliphatic heterocycles. The van der Waals surface area contributed by atoms with Gasteiger partial charge in [0.1, 0.15) is 10.7 Å². The van der Waals surface area contributed by atoms with E-state index in [1.807, 2.05) is 11.4 Å². The lowest BCUT2D eigenvalue weighted by atomic mass is 10.3. The van der Waals surface area contributed by atoms with Crippen LogP contribution in [0, 0.1) is 0 Å². The predicted molar refractivity (Wildman–Crippen MR) is 89.3 cm³/mol. The van der Waals surface area contributed by atoms with Crippen molar-refractivity contribution in [3.05, 3.63) is 39.7 Å². The van der Waals surface area contributed by atoms with Gasteiger partial charge in [0.25, 0.3) is 0 Å². The Balaban J connectivity index is 1.82. The molecule has 0 bridgehead atoms. The van der Waals surface area contributed by atoms with Gasteiger partial charge in [0.05, 0.1) is 11.9 Å². The van der Waals surface area contributed by atoms with Crippen LogP contribution in [0.3, 0.4) is 0 Å². The first kappa shape index (κ1) is 14.4. The smallest absolute Gasteiger partial charge is 0.152 e. The molecule has 5 nitrogen and oxygen atoms in total. The minimum absolute atomic E-state index is 0.698. The summed E-state index contributed by atoms with van der Waals surface area (Å²) in [5.74, 6) is 7.07. The summed E-state index contributed by atoms with van der Waals surface area (Å²) in [6.45, 7) is 4.75. The second kappa shape index (κ2) is 6.48. The SMILES string of the molecule is CCN(Cc1nc(NN)c2ccsc2n1)Cc1cccs1. The van der Waals surface area contributed by atoms with E-state index >= 15 is 0 Å². The highest BCUT2D eigenvalue weighted by Gasteiger charge is 2.12. The molecule has 0 spiro atoms. The molecule has 3 heterocycles. The molecule has 3 aromatic rings. The van der Waals surface area contributed by atoms with Gasteiger partial charge in [-0.05, 0) is 29.4 Å². The van der Waals surface area contributed by atoms with Gasteiger partial charge in [0.2, 0.25) is 0 Å². The van der Waals surface area contributed by atoms with E-state index in [2.05, 4.69) is 44.7 Å². The van der Waals surface area contributed by atoms with Gasteiger partial charge in [-0.1, -0.05) is 13.0 Å². The maximum Gasteiger partial charge on any atom is 0.152 e. The van der Waals surface area contributed by atoms with E-state index < -0.39 is 0 Å². The molecule has 3 aromatic heterocycles. The Morgan fingerprint density at radius 1 is 1.19 bits per heavy atom. The molecule has 0 aromatic carbocycles. The zero-order chi connectivity index (χ0) is 14.7. The summed E-state index contributed by atoms with van der Waals surface area (Å²) in [5.41, 5.74) is 2.67. The molecular formula is C14H17N5S2. The Hall–Kier alpha value is -1.54. The number of anilines is 1. The molecular weight excluding hydrogens is 302 g/mol. The summed E-state index contributed by atoms with van der Waals surface area (Å²) >= 11 is 3.38. The summed E-state index contributed by atoms with van der Waals surface area (Å²) in [6.07, 6.45) is 0. The summed E-state index contributed by atoms with van der Waals surface area (Å²) in [6, 6.07) is 6.23. The molecule has 0 amide bonds. The van der Waals surface area contributed by atoms with E-state index in [4.69, 9.17) is 5.84 Å². The molecule has 0 unspecified atom stereocenters. The third-order valence-electron chi connectivity index (χ3n) is 3.28. The van der Waals surface area contributed by atoms with Crippen molar-refractivity contribution in [2.24, 2.45) is 5.84 Å². The molecule has 0 aliphatic carbocycles. The summed E-state index contributed by atoms with van der Waals surface area (Å²) in [7, 11) is 0. The highest BCUT2D eigenvalue weighted by molar-refractivity contribution is 7.16. The van der Waals surface area contributed by atoms with Crippen molar-refractivity contribution in [1.82, 2.24) is 14.9 Å². The van der Waals surface area contributed by atoms with E-state index in [0.717, 1.165) is 35.7 Å². The summed E-state index contributed by atoms with van der Waals surface area (Å²) < 4.78 is 0. The van der Waals surface area contributed by atoms with Crippen molar-refractivity contribution in [2.75, 3.05) is 12.0 Å². The van der Waals surface area contributed by atoms with Gasteiger partial charge in [-0.15, -0.1) is 22.7 Å².